The molecule has 0 saturated carbocycles. The third-order valence-electron chi connectivity index (χ3n) is 3.29. The summed E-state index contributed by atoms with van der Waals surface area (Å²) in [5, 5.41) is 2.44. The van der Waals surface area contributed by atoms with Crippen LogP contribution in [-0.4, -0.2) is 12.5 Å². The van der Waals surface area contributed by atoms with Crippen molar-refractivity contribution in [2.45, 2.75) is 20.3 Å². The van der Waals surface area contributed by atoms with Crippen LogP contribution < -0.4 is 10.1 Å². The predicted molar refractivity (Wildman–Crippen MR) is 81.0 cm³/mol. The fourth-order valence-electron chi connectivity index (χ4n) is 1.98. The fourth-order valence-corrected chi connectivity index (χ4v) is 1.98. The number of amides is 1. The molecule has 2 aromatic rings. The Hall–Kier alpha value is -2.43. The monoisotopic (exact) mass is 305 g/mol. The van der Waals surface area contributed by atoms with Crippen molar-refractivity contribution in [1.29, 1.82) is 0 Å². The van der Waals surface area contributed by atoms with Crippen molar-refractivity contribution in [2.24, 2.45) is 0 Å². The van der Waals surface area contributed by atoms with Gasteiger partial charge in [-0.1, -0.05) is 12.1 Å². The molecule has 1 amide bonds. The summed E-state index contributed by atoms with van der Waals surface area (Å²) >= 11 is 0. The highest BCUT2D eigenvalue weighted by atomic mass is 19.1. The first-order valence-electron chi connectivity index (χ1n) is 6.90. The number of anilines is 1. The zero-order valence-corrected chi connectivity index (χ0v) is 12.5. The molecular formula is C17H17F2NO2. The highest BCUT2D eigenvalue weighted by molar-refractivity contribution is 5.90. The number of halogens is 2. The molecule has 0 saturated heterocycles. The molecular weight excluding hydrogens is 288 g/mol. The summed E-state index contributed by atoms with van der Waals surface area (Å²) in [5.74, 6) is -1.11. The van der Waals surface area contributed by atoms with Crippen LogP contribution in [0.15, 0.2) is 36.4 Å². The van der Waals surface area contributed by atoms with Gasteiger partial charge in [-0.2, -0.15) is 0 Å². The van der Waals surface area contributed by atoms with E-state index in [0.29, 0.717) is 0 Å². The minimum absolute atomic E-state index is 0.0888. The molecule has 22 heavy (non-hydrogen) atoms. The Balaban J connectivity index is 1.86. The van der Waals surface area contributed by atoms with Gasteiger partial charge in [0, 0.05) is 11.8 Å². The van der Waals surface area contributed by atoms with Crippen molar-refractivity contribution in [2.75, 3.05) is 11.9 Å². The average Bonchev–Trinajstić information content (AvgIpc) is 2.42. The molecule has 116 valence electrons. The highest BCUT2D eigenvalue weighted by Crippen LogP contribution is 2.20. The van der Waals surface area contributed by atoms with Crippen molar-refractivity contribution in [3.8, 4) is 5.75 Å². The van der Waals surface area contributed by atoms with E-state index < -0.39 is 11.6 Å². The van der Waals surface area contributed by atoms with Gasteiger partial charge in [-0.25, -0.2) is 8.78 Å². The van der Waals surface area contributed by atoms with Crippen molar-refractivity contribution in [3.63, 3.8) is 0 Å². The van der Waals surface area contributed by atoms with Crippen LogP contribution in [0.2, 0.25) is 0 Å². The van der Waals surface area contributed by atoms with Gasteiger partial charge in [0.15, 0.2) is 0 Å². The summed E-state index contributed by atoms with van der Waals surface area (Å²) in [5.41, 5.74) is 2.22. The molecule has 0 atom stereocenters. The first-order valence-corrected chi connectivity index (χ1v) is 6.90. The molecule has 0 radical (unpaired) electrons. The van der Waals surface area contributed by atoms with E-state index in [1.165, 1.54) is 0 Å². The summed E-state index contributed by atoms with van der Waals surface area (Å²) in [6.07, 6.45) is 0.0888. The highest BCUT2D eigenvalue weighted by Gasteiger charge is 2.07. The van der Waals surface area contributed by atoms with E-state index in [1.807, 2.05) is 32.0 Å². The van der Waals surface area contributed by atoms with E-state index >= 15 is 0 Å². The molecule has 0 unspecified atom stereocenters. The van der Waals surface area contributed by atoms with Crippen LogP contribution in [0.5, 0.6) is 5.75 Å². The van der Waals surface area contributed by atoms with Crippen LogP contribution in [0, 0.1) is 25.5 Å². The fraction of sp³-hybridized carbons (Fsp3) is 0.235. The smallest absolute Gasteiger partial charge is 0.227 e. The molecule has 0 aromatic heterocycles. The normalized spacial score (nSPS) is 10.4. The first-order chi connectivity index (χ1) is 10.5. The second-order valence-electron chi connectivity index (χ2n) is 5.00. The summed E-state index contributed by atoms with van der Waals surface area (Å²) in [6.45, 7) is 4.11. The van der Waals surface area contributed by atoms with Crippen LogP contribution in [0.3, 0.4) is 0 Å². The molecule has 1 N–H and O–H groups in total. The van der Waals surface area contributed by atoms with Crippen LogP contribution in [0.4, 0.5) is 14.5 Å². The Morgan fingerprint density at radius 2 is 1.82 bits per heavy atom. The SMILES string of the molecule is Cc1cccc(OCCC(=O)Nc2cc(F)cc(F)c2)c1C. The summed E-state index contributed by atoms with van der Waals surface area (Å²) in [7, 11) is 0. The minimum atomic E-state index is -0.734. The van der Waals surface area contributed by atoms with Crippen LogP contribution in [-0.2, 0) is 4.79 Å². The number of ether oxygens (including phenoxy) is 1. The zero-order chi connectivity index (χ0) is 16.1. The zero-order valence-electron chi connectivity index (χ0n) is 12.5. The quantitative estimate of drug-likeness (QED) is 0.907. The van der Waals surface area contributed by atoms with Crippen LogP contribution in [0.25, 0.3) is 0 Å². The second kappa shape index (κ2) is 7.02. The summed E-state index contributed by atoms with van der Waals surface area (Å²) < 4.78 is 31.6. The third-order valence-corrected chi connectivity index (χ3v) is 3.29. The van der Waals surface area contributed by atoms with Gasteiger partial charge in [-0.15, -0.1) is 0 Å². The molecule has 2 aromatic carbocycles. The van der Waals surface area contributed by atoms with Crippen molar-refractivity contribution < 1.29 is 18.3 Å². The maximum atomic E-state index is 13.0. The Kier molecular flexibility index (Phi) is 5.09. The molecule has 0 heterocycles. The van der Waals surface area contributed by atoms with Crippen molar-refractivity contribution in [3.05, 3.63) is 59.2 Å². The molecule has 0 bridgehead atoms. The molecule has 5 heteroatoms. The molecule has 2 rings (SSSR count). The Morgan fingerprint density at radius 1 is 1.14 bits per heavy atom. The lowest BCUT2D eigenvalue weighted by Crippen LogP contribution is -2.15. The first kappa shape index (κ1) is 15.9. The molecule has 3 nitrogen and oxygen atoms in total. The molecule has 0 aliphatic heterocycles. The van der Waals surface area contributed by atoms with Gasteiger partial charge in [0.05, 0.1) is 13.0 Å². The minimum Gasteiger partial charge on any atom is -0.493 e. The number of carbonyl (C=O) groups excluding carboxylic acids is 1. The van der Waals surface area contributed by atoms with E-state index in [4.69, 9.17) is 4.74 Å². The van der Waals surface area contributed by atoms with E-state index in [-0.39, 0.29) is 24.6 Å². The second-order valence-corrected chi connectivity index (χ2v) is 5.00. The maximum absolute atomic E-state index is 13.0. The summed E-state index contributed by atoms with van der Waals surface area (Å²) in [6, 6.07) is 8.57. The van der Waals surface area contributed by atoms with Crippen molar-refractivity contribution >= 4 is 11.6 Å². The topological polar surface area (TPSA) is 38.3 Å². The molecule has 0 aliphatic carbocycles. The van der Waals surface area contributed by atoms with Gasteiger partial charge in [0.2, 0.25) is 5.91 Å². The number of carbonyl (C=O) groups is 1. The number of aryl methyl sites for hydroxylation is 1. The number of hydrogen-bond acceptors (Lipinski definition) is 2. The lowest BCUT2D eigenvalue weighted by molar-refractivity contribution is -0.116. The van der Waals surface area contributed by atoms with Gasteiger partial charge < -0.3 is 10.1 Å². The van der Waals surface area contributed by atoms with Gasteiger partial charge in [0.25, 0.3) is 0 Å². The Morgan fingerprint density at radius 3 is 2.50 bits per heavy atom. The third kappa shape index (κ3) is 4.28. The van der Waals surface area contributed by atoms with Crippen LogP contribution in [0.1, 0.15) is 17.5 Å². The largest absolute Gasteiger partial charge is 0.493 e. The number of benzene rings is 2. The van der Waals surface area contributed by atoms with E-state index in [1.54, 1.807) is 0 Å². The van der Waals surface area contributed by atoms with Crippen LogP contribution >= 0.6 is 0 Å². The van der Waals surface area contributed by atoms with E-state index in [2.05, 4.69) is 5.32 Å². The average molecular weight is 305 g/mol. The molecule has 0 fully saturated rings. The van der Waals surface area contributed by atoms with Gasteiger partial charge in [0.1, 0.15) is 17.4 Å². The van der Waals surface area contributed by atoms with Gasteiger partial charge >= 0.3 is 0 Å². The van der Waals surface area contributed by atoms with E-state index in [9.17, 15) is 13.6 Å². The maximum Gasteiger partial charge on any atom is 0.227 e. The lowest BCUT2D eigenvalue weighted by atomic mass is 10.1. The number of nitrogens with one attached hydrogen (secondary N) is 1. The standard InChI is InChI=1S/C17H17F2NO2/c1-11-4-3-5-16(12(11)2)22-7-6-17(21)20-15-9-13(18)8-14(19)10-15/h3-5,8-10H,6-7H2,1-2H3,(H,20,21). The Labute approximate surface area is 127 Å². The van der Waals surface area contributed by atoms with Crippen molar-refractivity contribution in [1.82, 2.24) is 0 Å². The summed E-state index contributed by atoms with van der Waals surface area (Å²) in [4.78, 5) is 11.7. The van der Waals surface area contributed by atoms with Gasteiger partial charge in [-0.05, 0) is 43.2 Å². The number of rotatable bonds is 5. The van der Waals surface area contributed by atoms with Gasteiger partial charge in [-0.3, -0.25) is 4.79 Å². The molecule has 0 aliphatic rings. The van der Waals surface area contributed by atoms with E-state index in [0.717, 1.165) is 35.1 Å². The lowest BCUT2D eigenvalue weighted by Gasteiger charge is -2.11. The Bertz CT molecular complexity index is 666. The molecule has 0 spiro atoms. The predicted octanol–water partition coefficient (Wildman–Crippen LogP) is 3.99. The number of hydrogen-bond donors (Lipinski definition) is 1.